The van der Waals surface area contributed by atoms with E-state index in [1.807, 2.05) is 31.2 Å². The number of aromatic nitrogens is 3. The second kappa shape index (κ2) is 11.7. The Morgan fingerprint density at radius 2 is 2.05 bits per heavy atom. The first-order chi connectivity index (χ1) is 19.9. The fourth-order valence-corrected chi connectivity index (χ4v) is 7.06. The summed E-state index contributed by atoms with van der Waals surface area (Å²) in [5.74, 6) is -2.72. The van der Waals surface area contributed by atoms with Crippen LogP contribution in [0, 0.1) is 11.8 Å². The third kappa shape index (κ3) is 4.74. The van der Waals surface area contributed by atoms with E-state index in [9.17, 15) is 19.5 Å². The Kier molecular flexibility index (Phi) is 8.28. The van der Waals surface area contributed by atoms with Gasteiger partial charge in [0, 0.05) is 19.7 Å². The molecule has 2 aromatic rings. The number of allylic oxidation sites excluding steroid dienone is 1. The summed E-state index contributed by atoms with van der Waals surface area (Å²) in [5, 5.41) is 18.1. The predicted octanol–water partition coefficient (Wildman–Crippen LogP) is 2.45. The van der Waals surface area contributed by atoms with Crippen LogP contribution in [0.5, 0.6) is 0 Å². The van der Waals surface area contributed by atoms with Crippen molar-refractivity contribution in [1.82, 2.24) is 24.8 Å². The van der Waals surface area contributed by atoms with Gasteiger partial charge >= 0.3 is 5.97 Å². The minimum Gasteiger partial charge on any atom is -0.465 e. The van der Waals surface area contributed by atoms with Crippen molar-refractivity contribution in [2.45, 2.75) is 69.4 Å². The zero-order valence-corrected chi connectivity index (χ0v) is 23.6. The van der Waals surface area contributed by atoms with E-state index >= 15 is 0 Å². The average molecular weight is 566 g/mol. The fraction of sp³-hybridized carbons (Fsp3) is 0.567. The van der Waals surface area contributed by atoms with Gasteiger partial charge in [0.1, 0.15) is 29.7 Å². The summed E-state index contributed by atoms with van der Waals surface area (Å²) in [6, 6.07) is 6.51. The Balaban J connectivity index is 1.50. The molecule has 11 heteroatoms. The van der Waals surface area contributed by atoms with E-state index in [-0.39, 0.29) is 44.8 Å². The van der Waals surface area contributed by atoms with E-state index in [0.717, 1.165) is 5.52 Å². The summed E-state index contributed by atoms with van der Waals surface area (Å²) >= 11 is 0. The molecular weight excluding hydrogens is 526 g/mol. The summed E-state index contributed by atoms with van der Waals surface area (Å²) in [6.07, 6.45) is 6.58. The number of rotatable bonds is 14. The molecule has 220 valence electrons. The maximum absolute atomic E-state index is 14.5. The second-order valence-electron chi connectivity index (χ2n) is 11.1. The lowest BCUT2D eigenvalue weighted by Gasteiger charge is -2.36. The standard InChI is InChI=1S/C30H39N5O6/c1-4-7-10-19-40-28(39)24-23-26(37)34(17-11-18-36)25(30(23)15-14-29(24,6-3)41-30)27(38)33(16-5-2)20-35-22-13-9-8-12-21(22)31-32-35/h4-5,8-9,12-13,23-25,36H,1-2,6-7,10-11,14-20H2,3H3/t23-,24-,25?,29+,30?/m0/s1. The number of benzene rings is 1. The highest BCUT2D eigenvalue weighted by molar-refractivity contribution is 5.98. The van der Waals surface area contributed by atoms with E-state index < -0.39 is 35.0 Å². The van der Waals surface area contributed by atoms with Crippen LogP contribution in [-0.2, 0) is 30.5 Å². The minimum absolute atomic E-state index is 0.0956. The van der Waals surface area contributed by atoms with Crippen molar-refractivity contribution >= 4 is 28.8 Å². The normalized spacial score (nSPS) is 28.2. The van der Waals surface area contributed by atoms with Crippen LogP contribution in [0.15, 0.2) is 49.6 Å². The number of para-hydroxylation sites is 1. The molecule has 1 N–H and O–H groups in total. The van der Waals surface area contributed by atoms with Crippen LogP contribution < -0.4 is 0 Å². The molecule has 1 aromatic heterocycles. The number of nitrogens with zero attached hydrogens (tertiary/aromatic N) is 5. The fourth-order valence-electron chi connectivity index (χ4n) is 7.06. The van der Waals surface area contributed by atoms with Crippen molar-refractivity contribution in [2.24, 2.45) is 11.8 Å². The van der Waals surface area contributed by atoms with Gasteiger partial charge in [0.2, 0.25) is 11.8 Å². The van der Waals surface area contributed by atoms with Crippen molar-refractivity contribution in [2.75, 3.05) is 26.3 Å². The lowest BCUT2D eigenvalue weighted by atomic mass is 9.65. The number of fused-ring (bicyclic) bond motifs is 2. The second-order valence-corrected chi connectivity index (χ2v) is 11.1. The quantitative estimate of drug-likeness (QED) is 0.210. The van der Waals surface area contributed by atoms with Gasteiger partial charge in [-0.1, -0.05) is 36.4 Å². The molecule has 1 aromatic carbocycles. The molecule has 5 atom stereocenters. The Labute approximate surface area is 239 Å². The molecule has 3 fully saturated rings. The van der Waals surface area contributed by atoms with Crippen LogP contribution in [0.3, 0.4) is 0 Å². The summed E-state index contributed by atoms with van der Waals surface area (Å²) in [4.78, 5) is 45.3. The zero-order valence-electron chi connectivity index (χ0n) is 23.6. The van der Waals surface area contributed by atoms with Crippen molar-refractivity contribution in [3.63, 3.8) is 0 Å². The molecule has 1 spiro atoms. The molecule has 11 nitrogen and oxygen atoms in total. The van der Waals surface area contributed by atoms with Gasteiger partial charge in [-0.3, -0.25) is 14.4 Å². The Hall–Kier alpha value is -3.57. The van der Waals surface area contributed by atoms with Crippen LogP contribution >= 0.6 is 0 Å². The van der Waals surface area contributed by atoms with Crippen molar-refractivity contribution in [1.29, 1.82) is 0 Å². The number of ether oxygens (including phenoxy) is 2. The first-order valence-electron chi connectivity index (χ1n) is 14.4. The van der Waals surface area contributed by atoms with Crippen LogP contribution in [0.2, 0.25) is 0 Å². The van der Waals surface area contributed by atoms with Gasteiger partial charge in [-0.15, -0.1) is 18.3 Å². The first-order valence-corrected chi connectivity index (χ1v) is 14.4. The Morgan fingerprint density at radius 1 is 1.24 bits per heavy atom. The van der Waals surface area contributed by atoms with Gasteiger partial charge in [-0.2, -0.15) is 0 Å². The van der Waals surface area contributed by atoms with Crippen molar-refractivity contribution in [3.05, 3.63) is 49.6 Å². The molecule has 0 aliphatic carbocycles. The monoisotopic (exact) mass is 565 g/mol. The molecule has 2 unspecified atom stereocenters. The topological polar surface area (TPSA) is 127 Å². The van der Waals surface area contributed by atoms with Gasteiger partial charge < -0.3 is 24.4 Å². The van der Waals surface area contributed by atoms with E-state index in [1.54, 1.807) is 21.7 Å². The lowest BCUT2D eigenvalue weighted by molar-refractivity contribution is -0.162. The van der Waals surface area contributed by atoms with Crippen molar-refractivity contribution < 1.29 is 29.0 Å². The lowest BCUT2D eigenvalue weighted by Crippen LogP contribution is -2.56. The number of amides is 2. The van der Waals surface area contributed by atoms with Gasteiger partial charge in [0.05, 0.1) is 23.6 Å². The molecule has 4 heterocycles. The maximum atomic E-state index is 14.5. The number of carbonyl (C=O) groups excluding carboxylic acids is 3. The van der Waals surface area contributed by atoms with Crippen LogP contribution in [0.25, 0.3) is 11.0 Å². The Morgan fingerprint density at radius 3 is 2.78 bits per heavy atom. The van der Waals surface area contributed by atoms with Gasteiger partial charge in [-0.05, 0) is 50.7 Å². The van der Waals surface area contributed by atoms with E-state index in [0.29, 0.717) is 44.0 Å². The minimum atomic E-state index is -1.17. The highest BCUT2D eigenvalue weighted by atomic mass is 16.6. The van der Waals surface area contributed by atoms with E-state index in [2.05, 4.69) is 23.5 Å². The molecule has 0 saturated carbocycles. The van der Waals surface area contributed by atoms with E-state index in [4.69, 9.17) is 9.47 Å². The van der Waals surface area contributed by atoms with Gasteiger partial charge in [0.15, 0.2) is 0 Å². The summed E-state index contributed by atoms with van der Waals surface area (Å²) in [5.41, 5.74) is -0.570. The highest BCUT2D eigenvalue weighted by Gasteiger charge is 2.79. The number of aliphatic hydroxyl groups is 1. The number of carbonyl (C=O) groups is 3. The zero-order chi connectivity index (χ0) is 29.2. The molecule has 3 aliphatic rings. The maximum Gasteiger partial charge on any atom is 0.312 e. The summed E-state index contributed by atoms with van der Waals surface area (Å²) in [7, 11) is 0. The molecular formula is C30H39N5O6. The molecule has 3 saturated heterocycles. The number of hydrogen-bond acceptors (Lipinski definition) is 8. The van der Waals surface area contributed by atoms with Gasteiger partial charge in [-0.25, -0.2) is 4.68 Å². The average Bonchev–Trinajstić information content (AvgIpc) is 3.71. The molecule has 41 heavy (non-hydrogen) atoms. The SMILES string of the molecule is C=CCCCOC(=O)[C@@H]1[C@H]2C(=O)N(CCCO)C(C(=O)N(CC=C)Cn3nnc4ccccc43)C23CC[C@@]1(CC)O3. The number of unbranched alkanes of at least 4 members (excludes halogenated alkanes) is 1. The van der Waals surface area contributed by atoms with Gasteiger partial charge in [0.25, 0.3) is 0 Å². The summed E-state index contributed by atoms with van der Waals surface area (Å²) in [6.45, 7) is 10.1. The number of hydrogen-bond donors (Lipinski definition) is 1. The number of aliphatic hydroxyl groups excluding tert-OH is 1. The first kappa shape index (κ1) is 28.9. The smallest absolute Gasteiger partial charge is 0.312 e. The molecule has 0 radical (unpaired) electrons. The van der Waals surface area contributed by atoms with Crippen LogP contribution in [0.4, 0.5) is 0 Å². The Bertz CT molecular complexity index is 1330. The molecule has 2 bridgehead atoms. The van der Waals surface area contributed by atoms with Crippen LogP contribution in [-0.4, -0.2) is 91.2 Å². The summed E-state index contributed by atoms with van der Waals surface area (Å²) < 4.78 is 14.1. The third-order valence-corrected chi connectivity index (χ3v) is 8.91. The molecule has 2 amide bonds. The van der Waals surface area contributed by atoms with Crippen molar-refractivity contribution in [3.8, 4) is 0 Å². The van der Waals surface area contributed by atoms with Crippen LogP contribution in [0.1, 0.15) is 45.4 Å². The number of esters is 1. The molecule has 5 rings (SSSR count). The number of likely N-dealkylation sites (tertiary alicyclic amines) is 1. The third-order valence-electron chi connectivity index (χ3n) is 8.91. The largest absolute Gasteiger partial charge is 0.465 e. The predicted molar refractivity (Wildman–Crippen MR) is 150 cm³/mol. The molecule has 3 aliphatic heterocycles. The highest BCUT2D eigenvalue weighted by Crippen LogP contribution is 2.64. The van der Waals surface area contributed by atoms with E-state index in [1.165, 1.54) is 4.90 Å².